The molecule has 0 unspecified atom stereocenters. The van der Waals surface area contributed by atoms with E-state index in [1.54, 1.807) is 0 Å². The number of urea groups is 1. The Morgan fingerprint density at radius 2 is 2.11 bits per heavy atom. The second-order valence-corrected chi connectivity index (χ2v) is 5.31. The summed E-state index contributed by atoms with van der Waals surface area (Å²) in [5, 5.41) is 5.66. The van der Waals surface area contributed by atoms with Gasteiger partial charge >= 0.3 is 6.03 Å². The van der Waals surface area contributed by atoms with E-state index in [-0.39, 0.29) is 6.03 Å². The van der Waals surface area contributed by atoms with Gasteiger partial charge < -0.3 is 15.5 Å². The third-order valence-corrected chi connectivity index (χ3v) is 2.90. The first-order chi connectivity index (χ1) is 8.58. The Balaban J connectivity index is 2.17. The van der Waals surface area contributed by atoms with Crippen molar-refractivity contribution < 1.29 is 4.79 Å². The highest BCUT2D eigenvalue weighted by molar-refractivity contribution is 9.10. The lowest BCUT2D eigenvalue weighted by Crippen LogP contribution is -2.36. The van der Waals surface area contributed by atoms with Gasteiger partial charge in [-0.15, -0.1) is 0 Å². The van der Waals surface area contributed by atoms with Crippen molar-refractivity contribution >= 4 is 22.0 Å². The van der Waals surface area contributed by atoms with E-state index in [4.69, 9.17) is 0 Å². The average Bonchev–Trinajstić information content (AvgIpc) is 2.32. The Morgan fingerprint density at radius 3 is 2.78 bits per heavy atom. The minimum atomic E-state index is -0.117. The summed E-state index contributed by atoms with van der Waals surface area (Å²) in [6.07, 6.45) is 0.956. The van der Waals surface area contributed by atoms with Crippen LogP contribution in [0.2, 0.25) is 0 Å². The van der Waals surface area contributed by atoms with Gasteiger partial charge in [0.05, 0.1) is 0 Å². The summed E-state index contributed by atoms with van der Waals surface area (Å²) in [4.78, 5) is 13.6. The van der Waals surface area contributed by atoms with Gasteiger partial charge in [0.15, 0.2) is 0 Å². The highest BCUT2D eigenvalue weighted by Crippen LogP contribution is 2.11. The van der Waals surface area contributed by atoms with Crippen LogP contribution in [0.4, 0.5) is 4.79 Å². The van der Waals surface area contributed by atoms with Gasteiger partial charge in [0.1, 0.15) is 0 Å². The van der Waals surface area contributed by atoms with Crippen LogP contribution in [0, 0.1) is 0 Å². The molecule has 2 N–H and O–H groups in total. The molecule has 0 radical (unpaired) electrons. The van der Waals surface area contributed by atoms with Crippen LogP contribution >= 0.6 is 15.9 Å². The summed E-state index contributed by atoms with van der Waals surface area (Å²) in [7, 11) is 4.04. The molecule has 2 amide bonds. The smallest absolute Gasteiger partial charge is 0.315 e. The molecule has 0 aliphatic rings. The minimum Gasteiger partial charge on any atom is -0.338 e. The number of amides is 2. The predicted molar refractivity (Wildman–Crippen MR) is 77.6 cm³/mol. The normalized spacial score (nSPS) is 10.4. The van der Waals surface area contributed by atoms with Crippen molar-refractivity contribution in [2.24, 2.45) is 0 Å². The molecule has 1 aromatic carbocycles. The van der Waals surface area contributed by atoms with Gasteiger partial charge in [-0.1, -0.05) is 28.1 Å². The molecule has 0 atom stereocenters. The monoisotopic (exact) mass is 313 g/mol. The Kier molecular flexibility index (Phi) is 6.75. The molecule has 0 aliphatic carbocycles. The third kappa shape index (κ3) is 6.61. The van der Waals surface area contributed by atoms with Crippen molar-refractivity contribution in [1.82, 2.24) is 15.5 Å². The molecule has 100 valence electrons. The zero-order chi connectivity index (χ0) is 13.4. The predicted octanol–water partition coefficient (Wildman–Crippen LogP) is 2.20. The molecule has 5 heteroatoms. The van der Waals surface area contributed by atoms with Crippen molar-refractivity contribution in [3.05, 3.63) is 34.3 Å². The third-order valence-electron chi connectivity index (χ3n) is 2.41. The van der Waals surface area contributed by atoms with E-state index in [1.165, 1.54) is 0 Å². The van der Waals surface area contributed by atoms with Crippen LogP contribution in [-0.2, 0) is 6.54 Å². The van der Waals surface area contributed by atoms with Gasteiger partial charge in [-0.25, -0.2) is 4.79 Å². The highest BCUT2D eigenvalue weighted by Gasteiger charge is 2.00. The van der Waals surface area contributed by atoms with Crippen LogP contribution in [0.1, 0.15) is 12.0 Å². The Labute approximate surface area is 117 Å². The van der Waals surface area contributed by atoms with E-state index < -0.39 is 0 Å². The number of hydrogen-bond donors (Lipinski definition) is 2. The van der Waals surface area contributed by atoms with Gasteiger partial charge in [0.25, 0.3) is 0 Å². The quantitative estimate of drug-likeness (QED) is 0.791. The number of rotatable bonds is 6. The summed E-state index contributed by atoms with van der Waals surface area (Å²) < 4.78 is 1.02. The van der Waals surface area contributed by atoms with Gasteiger partial charge in [0, 0.05) is 17.6 Å². The van der Waals surface area contributed by atoms with Crippen LogP contribution in [0.5, 0.6) is 0 Å². The fourth-order valence-electron chi connectivity index (χ4n) is 1.49. The number of benzene rings is 1. The fraction of sp³-hybridized carbons (Fsp3) is 0.462. The maximum atomic E-state index is 11.5. The summed E-state index contributed by atoms with van der Waals surface area (Å²) in [5.41, 5.74) is 1.08. The molecular formula is C13H20BrN3O. The molecule has 0 spiro atoms. The lowest BCUT2D eigenvalue weighted by atomic mass is 10.2. The van der Waals surface area contributed by atoms with Crippen LogP contribution in [-0.4, -0.2) is 38.1 Å². The first-order valence-corrected chi connectivity index (χ1v) is 6.78. The Bertz CT molecular complexity index is 382. The van der Waals surface area contributed by atoms with Crippen LogP contribution in [0.25, 0.3) is 0 Å². The van der Waals surface area contributed by atoms with Crippen molar-refractivity contribution in [3.63, 3.8) is 0 Å². The number of hydrogen-bond acceptors (Lipinski definition) is 2. The number of nitrogens with one attached hydrogen (secondary N) is 2. The second-order valence-electron chi connectivity index (χ2n) is 4.40. The lowest BCUT2D eigenvalue weighted by Gasteiger charge is -2.10. The first kappa shape index (κ1) is 15.0. The molecule has 0 bridgehead atoms. The first-order valence-electron chi connectivity index (χ1n) is 5.99. The van der Waals surface area contributed by atoms with Gasteiger partial charge in [0.2, 0.25) is 0 Å². The number of nitrogens with zero attached hydrogens (tertiary/aromatic N) is 1. The van der Waals surface area contributed by atoms with Crippen molar-refractivity contribution in [3.8, 4) is 0 Å². The van der Waals surface area contributed by atoms with E-state index in [0.717, 1.165) is 23.0 Å². The molecule has 18 heavy (non-hydrogen) atoms. The molecule has 4 nitrogen and oxygen atoms in total. The zero-order valence-corrected chi connectivity index (χ0v) is 12.5. The van der Waals surface area contributed by atoms with Gasteiger partial charge in [-0.05, 0) is 44.8 Å². The summed E-state index contributed by atoms with van der Waals surface area (Å²) >= 11 is 3.40. The maximum Gasteiger partial charge on any atom is 0.315 e. The molecule has 0 fully saturated rings. The van der Waals surface area contributed by atoms with E-state index in [2.05, 4.69) is 31.5 Å². The molecule has 1 aromatic rings. The van der Waals surface area contributed by atoms with Gasteiger partial charge in [-0.2, -0.15) is 0 Å². The summed E-state index contributed by atoms with van der Waals surface area (Å²) in [6, 6.07) is 7.78. The SMILES string of the molecule is CN(C)CCCNC(=O)NCc1cccc(Br)c1. The largest absolute Gasteiger partial charge is 0.338 e. The van der Waals surface area contributed by atoms with Crippen LogP contribution < -0.4 is 10.6 Å². The molecule has 0 saturated carbocycles. The van der Waals surface area contributed by atoms with E-state index >= 15 is 0 Å². The molecule has 0 aliphatic heterocycles. The summed E-state index contributed by atoms with van der Waals surface area (Å²) in [5.74, 6) is 0. The number of carbonyl (C=O) groups is 1. The van der Waals surface area contributed by atoms with E-state index in [1.807, 2.05) is 38.4 Å². The average molecular weight is 314 g/mol. The lowest BCUT2D eigenvalue weighted by molar-refractivity contribution is 0.240. The Morgan fingerprint density at radius 1 is 1.33 bits per heavy atom. The number of halogens is 1. The maximum absolute atomic E-state index is 11.5. The molecule has 0 saturated heterocycles. The standard InChI is InChI=1S/C13H20BrN3O/c1-17(2)8-4-7-15-13(18)16-10-11-5-3-6-12(14)9-11/h3,5-6,9H,4,7-8,10H2,1-2H3,(H2,15,16,18). The minimum absolute atomic E-state index is 0.117. The molecule has 0 aromatic heterocycles. The topological polar surface area (TPSA) is 44.4 Å². The van der Waals surface area contributed by atoms with Crippen LogP contribution in [0.15, 0.2) is 28.7 Å². The van der Waals surface area contributed by atoms with Crippen molar-refractivity contribution in [2.75, 3.05) is 27.2 Å². The second kappa shape index (κ2) is 8.11. The summed E-state index contributed by atoms with van der Waals surface area (Å²) in [6.45, 7) is 2.22. The highest BCUT2D eigenvalue weighted by atomic mass is 79.9. The van der Waals surface area contributed by atoms with E-state index in [0.29, 0.717) is 13.1 Å². The van der Waals surface area contributed by atoms with Crippen LogP contribution in [0.3, 0.4) is 0 Å². The fourth-order valence-corrected chi connectivity index (χ4v) is 1.94. The molecule has 0 heterocycles. The number of carbonyl (C=O) groups excluding carboxylic acids is 1. The molecule has 1 rings (SSSR count). The Hall–Kier alpha value is -1.07. The van der Waals surface area contributed by atoms with Crippen molar-refractivity contribution in [1.29, 1.82) is 0 Å². The van der Waals surface area contributed by atoms with E-state index in [9.17, 15) is 4.79 Å². The molecular weight excluding hydrogens is 294 g/mol. The van der Waals surface area contributed by atoms with Gasteiger partial charge in [-0.3, -0.25) is 0 Å². The van der Waals surface area contributed by atoms with Crippen molar-refractivity contribution in [2.45, 2.75) is 13.0 Å². The zero-order valence-electron chi connectivity index (χ0n) is 10.9.